The van der Waals surface area contributed by atoms with E-state index in [9.17, 15) is 4.39 Å². The van der Waals surface area contributed by atoms with E-state index in [-0.39, 0.29) is 0 Å². The van der Waals surface area contributed by atoms with E-state index in [1.165, 1.54) is 18.8 Å². The van der Waals surface area contributed by atoms with Crippen LogP contribution in [0.25, 0.3) is 0 Å². The number of halogens is 1. The summed E-state index contributed by atoms with van der Waals surface area (Å²) in [7, 11) is 0. The highest BCUT2D eigenvalue weighted by Gasteiger charge is 2.38. The first-order valence-corrected chi connectivity index (χ1v) is 4.82. The molecule has 1 heterocycles. The van der Waals surface area contributed by atoms with Crippen molar-refractivity contribution >= 4 is 5.95 Å². The molecular formula is C10H14FN3. The molecule has 1 aliphatic carbocycles. The summed E-state index contributed by atoms with van der Waals surface area (Å²) >= 11 is 0. The fraction of sp³-hybridized carbons (Fsp3) is 0.600. The quantitative estimate of drug-likeness (QED) is 0.786. The first-order valence-electron chi connectivity index (χ1n) is 4.82. The van der Waals surface area contributed by atoms with Crippen molar-refractivity contribution in [3.63, 3.8) is 0 Å². The molecule has 0 amide bonds. The van der Waals surface area contributed by atoms with Crippen molar-refractivity contribution in [1.29, 1.82) is 0 Å². The molecule has 1 aliphatic rings. The molecule has 0 aliphatic heterocycles. The van der Waals surface area contributed by atoms with Crippen molar-refractivity contribution in [3.05, 3.63) is 18.2 Å². The standard InChI is InChI=1S/C10H14FN3/c1-10(2)4-3-8(10)14-9-12-5-7(11)6-13-9/h5-6,8H,3-4H2,1-2H3,(H,12,13,14). The maximum Gasteiger partial charge on any atom is 0.223 e. The van der Waals surface area contributed by atoms with E-state index in [0.29, 0.717) is 17.4 Å². The van der Waals surface area contributed by atoms with Crippen molar-refractivity contribution in [3.8, 4) is 0 Å². The summed E-state index contributed by atoms with van der Waals surface area (Å²) in [5.74, 6) is 0.118. The molecule has 0 radical (unpaired) electrons. The Morgan fingerprint density at radius 3 is 2.50 bits per heavy atom. The van der Waals surface area contributed by atoms with Gasteiger partial charge in [0.15, 0.2) is 5.82 Å². The molecule has 2 rings (SSSR count). The maximum absolute atomic E-state index is 12.5. The first kappa shape index (κ1) is 9.37. The zero-order valence-corrected chi connectivity index (χ0v) is 8.42. The predicted octanol–water partition coefficient (Wildman–Crippen LogP) is 2.22. The Balaban J connectivity index is 2.01. The zero-order chi connectivity index (χ0) is 10.2. The number of nitrogens with zero attached hydrogens (tertiary/aromatic N) is 2. The van der Waals surface area contributed by atoms with Gasteiger partial charge in [-0.1, -0.05) is 13.8 Å². The molecule has 0 saturated heterocycles. The van der Waals surface area contributed by atoms with E-state index in [0.717, 1.165) is 6.42 Å². The lowest BCUT2D eigenvalue weighted by Gasteiger charge is -2.44. The molecule has 0 bridgehead atoms. The van der Waals surface area contributed by atoms with Crippen LogP contribution >= 0.6 is 0 Å². The van der Waals surface area contributed by atoms with Crippen LogP contribution < -0.4 is 5.32 Å². The van der Waals surface area contributed by atoms with Crippen molar-refractivity contribution in [2.45, 2.75) is 32.7 Å². The molecule has 1 aromatic rings. The van der Waals surface area contributed by atoms with Crippen LogP contribution in [0.15, 0.2) is 12.4 Å². The van der Waals surface area contributed by atoms with Gasteiger partial charge in [0.1, 0.15) is 0 Å². The summed E-state index contributed by atoms with van der Waals surface area (Å²) in [6.45, 7) is 4.41. The maximum atomic E-state index is 12.5. The minimum atomic E-state index is -0.400. The zero-order valence-electron chi connectivity index (χ0n) is 8.42. The first-order chi connectivity index (χ1) is 6.58. The molecule has 1 N–H and O–H groups in total. The lowest BCUT2D eigenvalue weighted by molar-refractivity contribution is 0.159. The van der Waals surface area contributed by atoms with Gasteiger partial charge in [-0.3, -0.25) is 0 Å². The lowest BCUT2D eigenvalue weighted by Crippen LogP contribution is -2.45. The van der Waals surface area contributed by atoms with Crippen LogP contribution in [-0.4, -0.2) is 16.0 Å². The van der Waals surface area contributed by atoms with Gasteiger partial charge in [-0.2, -0.15) is 0 Å². The Morgan fingerprint density at radius 1 is 1.43 bits per heavy atom. The Kier molecular flexibility index (Phi) is 2.13. The van der Waals surface area contributed by atoms with Gasteiger partial charge in [-0.05, 0) is 18.3 Å². The van der Waals surface area contributed by atoms with Crippen LogP contribution in [0, 0.1) is 11.2 Å². The minimum Gasteiger partial charge on any atom is -0.351 e. The van der Waals surface area contributed by atoms with Crippen LogP contribution in [0.5, 0.6) is 0 Å². The van der Waals surface area contributed by atoms with E-state index in [1.54, 1.807) is 0 Å². The molecule has 1 atom stereocenters. The Hall–Kier alpha value is -1.19. The van der Waals surface area contributed by atoms with Gasteiger partial charge in [-0.25, -0.2) is 14.4 Å². The van der Waals surface area contributed by atoms with Crippen LogP contribution in [0.4, 0.5) is 10.3 Å². The molecule has 4 heteroatoms. The SMILES string of the molecule is CC1(C)CCC1Nc1ncc(F)cn1. The Bertz CT molecular complexity index is 321. The molecule has 3 nitrogen and oxygen atoms in total. The van der Waals surface area contributed by atoms with Crippen LogP contribution in [0.1, 0.15) is 26.7 Å². The number of anilines is 1. The topological polar surface area (TPSA) is 37.8 Å². The van der Waals surface area contributed by atoms with E-state index in [2.05, 4.69) is 29.1 Å². The number of nitrogens with one attached hydrogen (secondary N) is 1. The van der Waals surface area contributed by atoms with Gasteiger partial charge < -0.3 is 5.32 Å². The second-order valence-corrected chi connectivity index (χ2v) is 4.45. The summed E-state index contributed by atoms with van der Waals surface area (Å²) in [4.78, 5) is 7.74. The second kappa shape index (κ2) is 3.19. The average molecular weight is 195 g/mol. The predicted molar refractivity (Wildman–Crippen MR) is 52.4 cm³/mol. The normalized spacial score (nSPS) is 24.1. The molecule has 1 unspecified atom stereocenters. The molecule has 76 valence electrons. The smallest absolute Gasteiger partial charge is 0.223 e. The summed E-state index contributed by atoms with van der Waals surface area (Å²) in [5, 5.41) is 3.21. The van der Waals surface area contributed by atoms with Gasteiger partial charge >= 0.3 is 0 Å². The highest BCUT2D eigenvalue weighted by Crippen LogP contribution is 2.41. The molecule has 14 heavy (non-hydrogen) atoms. The van der Waals surface area contributed by atoms with E-state index in [1.807, 2.05) is 0 Å². The summed E-state index contributed by atoms with van der Waals surface area (Å²) in [6, 6.07) is 0.410. The van der Waals surface area contributed by atoms with Gasteiger partial charge in [-0.15, -0.1) is 0 Å². The van der Waals surface area contributed by atoms with Crippen molar-refractivity contribution in [2.75, 3.05) is 5.32 Å². The van der Waals surface area contributed by atoms with E-state index < -0.39 is 5.82 Å². The lowest BCUT2D eigenvalue weighted by atomic mass is 9.67. The van der Waals surface area contributed by atoms with Crippen LogP contribution in [0.2, 0.25) is 0 Å². The van der Waals surface area contributed by atoms with Gasteiger partial charge in [0.25, 0.3) is 0 Å². The third-order valence-corrected chi connectivity index (χ3v) is 2.94. The van der Waals surface area contributed by atoms with E-state index in [4.69, 9.17) is 0 Å². The van der Waals surface area contributed by atoms with Crippen molar-refractivity contribution < 1.29 is 4.39 Å². The molecule has 1 aromatic heterocycles. The second-order valence-electron chi connectivity index (χ2n) is 4.45. The fourth-order valence-electron chi connectivity index (χ4n) is 1.68. The van der Waals surface area contributed by atoms with Crippen LogP contribution in [-0.2, 0) is 0 Å². The summed E-state index contributed by atoms with van der Waals surface area (Å²) in [6.07, 6.45) is 4.71. The fourth-order valence-corrected chi connectivity index (χ4v) is 1.68. The van der Waals surface area contributed by atoms with Gasteiger partial charge in [0.2, 0.25) is 5.95 Å². The van der Waals surface area contributed by atoms with Crippen LogP contribution in [0.3, 0.4) is 0 Å². The third-order valence-electron chi connectivity index (χ3n) is 2.94. The largest absolute Gasteiger partial charge is 0.351 e. The van der Waals surface area contributed by atoms with Gasteiger partial charge in [0.05, 0.1) is 12.4 Å². The molecular weight excluding hydrogens is 181 g/mol. The monoisotopic (exact) mass is 195 g/mol. The summed E-state index contributed by atoms with van der Waals surface area (Å²) in [5.41, 5.74) is 0.303. The highest BCUT2D eigenvalue weighted by molar-refractivity contribution is 5.27. The van der Waals surface area contributed by atoms with Crippen molar-refractivity contribution in [1.82, 2.24) is 9.97 Å². The number of aromatic nitrogens is 2. The molecule has 1 fully saturated rings. The highest BCUT2D eigenvalue weighted by atomic mass is 19.1. The molecule has 1 saturated carbocycles. The Labute approximate surface area is 82.8 Å². The number of hydrogen-bond donors (Lipinski definition) is 1. The Morgan fingerprint density at radius 2 is 2.07 bits per heavy atom. The van der Waals surface area contributed by atoms with Crippen molar-refractivity contribution in [2.24, 2.45) is 5.41 Å². The number of rotatable bonds is 2. The number of hydrogen-bond acceptors (Lipinski definition) is 3. The third kappa shape index (κ3) is 1.69. The molecule has 0 spiro atoms. The molecule has 0 aromatic carbocycles. The summed E-state index contributed by atoms with van der Waals surface area (Å²) < 4.78 is 12.5. The van der Waals surface area contributed by atoms with Gasteiger partial charge in [0, 0.05) is 6.04 Å². The van der Waals surface area contributed by atoms with E-state index >= 15 is 0 Å². The minimum absolute atomic E-state index is 0.303. The average Bonchev–Trinajstić information content (AvgIpc) is 2.15.